The molecule has 2 unspecified atom stereocenters. The van der Waals surface area contributed by atoms with Crippen LogP contribution in [0, 0.1) is 11.8 Å². The molecular weight excluding hydrogens is 268 g/mol. The third-order valence-electron chi connectivity index (χ3n) is 4.53. The van der Waals surface area contributed by atoms with Crippen LogP contribution in [0.3, 0.4) is 0 Å². The summed E-state index contributed by atoms with van der Waals surface area (Å²) in [5.74, 6) is 1.91. The lowest BCUT2D eigenvalue weighted by Crippen LogP contribution is -2.38. The number of piperidine rings is 1. The van der Waals surface area contributed by atoms with Gasteiger partial charge in [0.25, 0.3) is 0 Å². The minimum Gasteiger partial charge on any atom is -0.316 e. The lowest BCUT2D eigenvalue weighted by atomic mass is 9.75. The van der Waals surface area contributed by atoms with E-state index in [0.717, 1.165) is 29.0 Å². The number of halogens is 1. The van der Waals surface area contributed by atoms with Crippen molar-refractivity contribution in [3.63, 3.8) is 0 Å². The number of benzene rings is 1. The Morgan fingerprint density at radius 1 is 1.30 bits per heavy atom. The minimum atomic E-state index is 0.575. The SMILES string of the molecule is CC(C)C1CNCCC1c1ccc(Cl)c2cccnc12. The van der Waals surface area contributed by atoms with Gasteiger partial charge in [0.1, 0.15) is 0 Å². The molecule has 0 radical (unpaired) electrons. The molecule has 106 valence electrons. The molecule has 1 aromatic carbocycles. The van der Waals surface area contributed by atoms with Crippen LogP contribution in [-0.4, -0.2) is 18.1 Å². The van der Waals surface area contributed by atoms with E-state index in [-0.39, 0.29) is 0 Å². The molecule has 2 nitrogen and oxygen atoms in total. The quantitative estimate of drug-likeness (QED) is 0.894. The number of hydrogen-bond acceptors (Lipinski definition) is 2. The Morgan fingerprint density at radius 3 is 2.95 bits per heavy atom. The van der Waals surface area contributed by atoms with Crippen molar-refractivity contribution in [3.8, 4) is 0 Å². The van der Waals surface area contributed by atoms with Crippen molar-refractivity contribution in [1.29, 1.82) is 0 Å². The molecule has 2 heterocycles. The highest BCUT2D eigenvalue weighted by molar-refractivity contribution is 6.35. The Labute approximate surface area is 125 Å². The van der Waals surface area contributed by atoms with Gasteiger partial charge < -0.3 is 5.32 Å². The highest BCUT2D eigenvalue weighted by Crippen LogP contribution is 2.38. The van der Waals surface area contributed by atoms with Crippen molar-refractivity contribution in [1.82, 2.24) is 10.3 Å². The van der Waals surface area contributed by atoms with Gasteiger partial charge in [0.05, 0.1) is 5.52 Å². The van der Waals surface area contributed by atoms with Gasteiger partial charge in [0.15, 0.2) is 0 Å². The van der Waals surface area contributed by atoms with Gasteiger partial charge in [-0.1, -0.05) is 31.5 Å². The van der Waals surface area contributed by atoms with E-state index in [0.29, 0.717) is 17.8 Å². The molecule has 1 N–H and O–H groups in total. The maximum Gasteiger partial charge on any atom is 0.0751 e. The van der Waals surface area contributed by atoms with Crippen LogP contribution in [0.25, 0.3) is 10.9 Å². The first-order chi connectivity index (χ1) is 9.68. The molecule has 0 spiro atoms. The fourth-order valence-electron chi connectivity index (χ4n) is 3.43. The van der Waals surface area contributed by atoms with Crippen molar-refractivity contribution in [3.05, 3.63) is 41.0 Å². The van der Waals surface area contributed by atoms with Crippen LogP contribution in [0.5, 0.6) is 0 Å². The summed E-state index contributed by atoms with van der Waals surface area (Å²) >= 11 is 6.31. The van der Waals surface area contributed by atoms with E-state index in [9.17, 15) is 0 Å². The van der Waals surface area contributed by atoms with E-state index in [2.05, 4.69) is 36.3 Å². The predicted octanol–water partition coefficient (Wildman–Crippen LogP) is 4.24. The zero-order chi connectivity index (χ0) is 14.1. The van der Waals surface area contributed by atoms with Gasteiger partial charge in [0.2, 0.25) is 0 Å². The van der Waals surface area contributed by atoms with Crippen LogP contribution in [0.1, 0.15) is 31.7 Å². The normalized spacial score (nSPS) is 23.4. The third-order valence-corrected chi connectivity index (χ3v) is 4.86. The summed E-state index contributed by atoms with van der Waals surface area (Å²) in [6, 6.07) is 8.24. The van der Waals surface area contributed by atoms with E-state index in [1.165, 1.54) is 12.0 Å². The molecular formula is C17H21ClN2. The van der Waals surface area contributed by atoms with Gasteiger partial charge in [-0.05, 0) is 61.0 Å². The maximum atomic E-state index is 6.31. The first-order valence-electron chi connectivity index (χ1n) is 7.42. The van der Waals surface area contributed by atoms with Gasteiger partial charge in [-0.2, -0.15) is 0 Å². The molecule has 1 fully saturated rings. The summed E-state index contributed by atoms with van der Waals surface area (Å²) in [7, 11) is 0. The topological polar surface area (TPSA) is 24.9 Å². The van der Waals surface area contributed by atoms with Gasteiger partial charge in [0, 0.05) is 16.6 Å². The van der Waals surface area contributed by atoms with E-state index in [1.54, 1.807) is 0 Å². The summed E-state index contributed by atoms with van der Waals surface area (Å²) in [5.41, 5.74) is 2.45. The fraction of sp³-hybridized carbons (Fsp3) is 0.471. The van der Waals surface area contributed by atoms with Crippen LogP contribution in [0.4, 0.5) is 0 Å². The van der Waals surface area contributed by atoms with Gasteiger partial charge in [-0.15, -0.1) is 0 Å². The smallest absolute Gasteiger partial charge is 0.0751 e. The average Bonchev–Trinajstić information content (AvgIpc) is 2.48. The zero-order valence-corrected chi connectivity index (χ0v) is 12.8. The van der Waals surface area contributed by atoms with Crippen LogP contribution >= 0.6 is 11.6 Å². The summed E-state index contributed by atoms with van der Waals surface area (Å²) in [5, 5.41) is 5.40. The van der Waals surface area contributed by atoms with E-state index >= 15 is 0 Å². The lowest BCUT2D eigenvalue weighted by molar-refractivity contribution is 0.256. The Hall–Kier alpha value is -1.12. The molecule has 0 amide bonds. The first-order valence-corrected chi connectivity index (χ1v) is 7.80. The number of rotatable bonds is 2. The average molecular weight is 289 g/mol. The molecule has 1 aromatic heterocycles. The second-order valence-corrected chi connectivity index (χ2v) is 6.45. The molecule has 3 heteroatoms. The summed E-state index contributed by atoms with van der Waals surface area (Å²) in [4.78, 5) is 4.61. The molecule has 2 aromatic rings. The monoisotopic (exact) mass is 288 g/mol. The summed E-state index contributed by atoms with van der Waals surface area (Å²) in [6.07, 6.45) is 3.05. The molecule has 3 rings (SSSR count). The van der Waals surface area contributed by atoms with Crippen LogP contribution < -0.4 is 5.32 Å². The van der Waals surface area contributed by atoms with Crippen LogP contribution in [0.2, 0.25) is 5.02 Å². The number of aromatic nitrogens is 1. The predicted molar refractivity (Wildman–Crippen MR) is 85.3 cm³/mol. The van der Waals surface area contributed by atoms with Crippen molar-refractivity contribution in [2.45, 2.75) is 26.2 Å². The van der Waals surface area contributed by atoms with E-state index in [4.69, 9.17) is 11.6 Å². The molecule has 20 heavy (non-hydrogen) atoms. The minimum absolute atomic E-state index is 0.575. The van der Waals surface area contributed by atoms with E-state index < -0.39 is 0 Å². The largest absolute Gasteiger partial charge is 0.316 e. The molecule has 1 aliphatic rings. The van der Waals surface area contributed by atoms with Crippen molar-refractivity contribution >= 4 is 22.5 Å². The van der Waals surface area contributed by atoms with Crippen molar-refractivity contribution in [2.24, 2.45) is 11.8 Å². The Morgan fingerprint density at radius 2 is 2.15 bits per heavy atom. The Kier molecular flexibility index (Phi) is 3.95. The second-order valence-electron chi connectivity index (χ2n) is 6.04. The standard InChI is InChI=1S/C17H21ClN2/c1-11(2)15-10-19-9-7-12(15)13-5-6-16(18)14-4-3-8-20-17(13)14/h3-6,8,11-12,15,19H,7,9-10H2,1-2H3. The summed E-state index contributed by atoms with van der Waals surface area (Å²) < 4.78 is 0. The third kappa shape index (κ3) is 2.43. The first kappa shape index (κ1) is 13.8. The lowest BCUT2D eigenvalue weighted by Gasteiger charge is -2.35. The summed E-state index contributed by atoms with van der Waals surface area (Å²) in [6.45, 7) is 6.82. The molecule has 0 bridgehead atoms. The van der Waals surface area contributed by atoms with Crippen molar-refractivity contribution < 1.29 is 0 Å². The molecule has 2 atom stereocenters. The van der Waals surface area contributed by atoms with E-state index in [1.807, 2.05) is 18.3 Å². The number of fused-ring (bicyclic) bond motifs is 1. The molecule has 0 aliphatic carbocycles. The zero-order valence-electron chi connectivity index (χ0n) is 12.1. The van der Waals surface area contributed by atoms with Gasteiger partial charge in [-0.3, -0.25) is 4.98 Å². The number of nitrogens with zero attached hydrogens (tertiary/aromatic N) is 1. The Bertz CT molecular complexity index is 609. The van der Waals surface area contributed by atoms with Crippen LogP contribution in [0.15, 0.2) is 30.5 Å². The highest BCUT2D eigenvalue weighted by Gasteiger charge is 2.30. The van der Waals surface area contributed by atoms with Gasteiger partial charge >= 0.3 is 0 Å². The molecule has 0 saturated carbocycles. The fourth-order valence-corrected chi connectivity index (χ4v) is 3.64. The molecule has 1 aliphatic heterocycles. The molecule has 1 saturated heterocycles. The van der Waals surface area contributed by atoms with Crippen molar-refractivity contribution in [2.75, 3.05) is 13.1 Å². The maximum absolute atomic E-state index is 6.31. The highest BCUT2D eigenvalue weighted by atomic mass is 35.5. The van der Waals surface area contributed by atoms with Gasteiger partial charge in [-0.25, -0.2) is 0 Å². The number of pyridine rings is 1. The number of nitrogens with one attached hydrogen (secondary N) is 1. The second kappa shape index (κ2) is 5.71. The number of hydrogen-bond donors (Lipinski definition) is 1. The Balaban J connectivity index is 2.11. The van der Waals surface area contributed by atoms with Crippen LogP contribution in [-0.2, 0) is 0 Å².